The number of hydrogen-bond donors (Lipinski definition) is 0. The third-order valence-corrected chi connectivity index (χ3v) is 3.11. The number of pyridine rings is 1. The molecule has 0 bridgehead atoms. The number of aryl methyl sites for hydroxylation is 1. The lowest BCUT2D eigenvalue weighted by Crippen LogP contribution is -2.01. The molecule has 0 aliphatic carbocycles. The van der Waals surface area contributed by atoms with Crippen LogP contribution in [-0.4, -0.2) is 14.8 Å². The molecule has 0 fully saturated rings. The molecule has 2 rings (SSSR count). The van der Waals surface area contributed by atoms with Crippen molar-refractivity contribution in [3.05, 3.63) is 39.2 Å². The summed E-state index contributed by atoms with van der Waals surface area (Å²) in [5.74, 6) is 0.761. The summed E-state index contributed by atoms with van der Waals surface area (Å²) in [7, 11) is 0. The quantitative estimate of drug-likeness (QED) is 0.753. The van der Waals surface area contributed by atoms with Gasteiger partial charge in [0, 0.05) is 0 Å². The Morgan fingerprint density at radius 1 is 1.33 bits per heavy atom. The van der Waals surface area contributed by atoms with E-state index in [-0.39, 0.29) is 0 Å². The molecule has 2 heterocycles. The molecule has 0 radical (unpaired) electrons. The van der Waals surface area contributed by atoms with Gasteiger partial charge in [0.05, 0.1) is 16.4 Å². The van der Waals surface area contributed by atoms with Gasteiger partial charge in [-0.2, -0.15) is 5.10 Å². The summed E-state index contributed by atoms with van der Waals surface area (Å²) >= 11 is 9.39. The van der Waals surface area contributed by atoms with Crippen molar-refractivity contribution in [2.24, 2.45) is 0 Å². The molecule has 15 heavy (non-hydrogen) atoms. The number of aromatic nitrogens is 3. The van der Waals surface area contributed by atoms with E-state index >= 15 is 0 Å². The van der Waals surface area contributed by atoms with E-state index in [4.69, 9.17) is 11.6 Å². The van der Waals surface area contributed by atoms with Crippen LogP contribution in [0.1, 0.15) is 11.4 Å². The number of rotatable bonds is 1. The SMILES string of the molecule is Cc1nn(-c2cccc(Br)n2)c(C)c1Cl. The first-order valence-corrected chi connectivity index (χ1v) is 5.61. The molecule has 0 amide bonds. The van der Waals surface area contributed by atoms with Crippen LogP contribution in [-0.2, 0) is 0 Å². The zero-order chi connectivity index (χ0) is 11.0. The molecule has 2 aromatic rings. The van der Waals surface area contributed by atoms with Gasteiger partial charge in [-0.15, -0.1) is 0 Å². The molecule has 0 atom stereocenters. The second kappa shape index (κ2) is 3.94. The minimum absolute atomic E-state index is 0.691. The highest BCUT2D eigenvalue weighted by atomic mass is 79.9. The van der Waals surface area contributed by atoms with Crippen LogP contribution < -0.4 is 0 Å². The molecule has 0 N–H and O–H groups in total. The molecular formula is C10H9BrClN3. The molecule has 0 aliphatic rings. The van der Waals surface area contributed by atoms with E-state index < -0.39 is 0 Å². The van der Waals surface area contributed by atoms with Crippen molar-refractivity contribution in [2.75, 3.05) is 0 Å². The van der Waals surface area contributed by atoms with Gasteiger partial charge in [-0.1, -0.05) is 17.7 Å². The predicted molar refractivity (Wildman–Crippen MR) is 63.5 cm³/mol. The van der Waals surface area contributed by atoms with Gasteiger partial charge >= 0.3 is 0 Å². The predicted octanol–water partition coefficient (Wildman–Crippen LogP) is 3.30. The summed E-state index contributed by atoms with van der Waals surface area (Å²) in [6.45, 7) is 3.80. The molecule has 3 nitrogen and oxygen atoms in total. The Kier molecular flexibility index (Phi) is 2.80. The average molecular weight is 287 g/mol. The fourth-order valence-corrected chi connectivity index (χ4v) is 1.81. The third-order valence-electron chi connectivity index (χ3n) is 2.12. The Hall–Kier alpha value is -0.870. The number of hydrogen-bond acceptors (Lipinski definition) is 2. The van der Waals surface area contributed by atoms with Gasteiger partial charge in [0.2, 0.25) is 0 Å². The monoisotopic (exact) mass is 285 g/mol. The van der Waals surface area contributed by atoms with E-state index in [1.54, 1.807) is 4.68 Å². The highest BCUT2D eigenvalue weighted by Crippen LogP contribution is 2.21. The molecular weight excluding hydrogens is 277 g/mol. The lowest BCUT2D eigenvalue weighted by atomic mass is 10.4. The van der Waals surface area contributed by atoms with Gasteiger partial charge in [0.15, 0.2) is 5.82 Å². The van der Waals surface area contributed by atoms with Crippen molar-refractivity contribution in [1.82, 2.24) is 14.8 Å². The molecule has 0 saturated carbocycles. The van der Waals surface area contributed by atoms with Crippen LogP contribution in [0.3, 0.4) is 0 Å². The first kappa shape index (κ1) is 10.6. The summed E-state index contributed by atoms with van der Waals surface area (Å²) in [6, 6.07) is 5.67. The minimum atomic E-state index is 0.691. The normalized spacial score (nSPS) is 10.7. The van der Waals surface area contributed by atoms with Crippen LogP contribution in [0.4, 0.5) is 0 Å². The fraction of sp³-hybridized carbons (Fsp3) is 0.200. The number of halogens is 2. The summed E-state index contributed by atoms with van der Waals surface area (Å²) in [5.41, 5.74) is 1.72. The maximum Gasteiger partial charge on any atom is 0.154 e. The molecule has 2 aromatic heterocycles. The Bertz CT molecular complexity index is 507. The van der Waals surface area contributed by atoms with E-state index in [0.29, 0.717) is 5.02 Å². The van der Waals surface area contributed by atoms with E-state index in [2.05, 4.69) is 26.0 Å². The summed E-state index contributed by atoms with van der Waals surface area (Å²) in [5, 5.41) is 5.01. The van der Waals surface area contributed by atoms with Crippen molar-refractivity contribution in [2.45, 2.75) is 13.8 Å². The average Bonchev–Trinajstić information content (AvgIpc) is 2.46. The maximum atomic E-state index is 6.07. The van der Waals surface area contributed by atoms with Crippen molar-refractivity contribution >= 4 is 27.5 Å². The minimum Gasteiger partial charge on any atom is -0.222 e. The first-order valence-electron chi connectivity index (χ1n) is 4.44. The molecule has 0 spiro atoms. The van der Waals surface area contributed by atoms with Gasteiger partial charge in [0.1, 0.15) is 4.60 Å². The van der Waals surface area contributed by atoms with Crippen molar-refractivity contribution in [3.63, 3.8) is 0 Å². The highest BCUT2D eigenvalue weighted by molar-refractivity contribution is 9.10. The molecule has 0 saturated heterocycles. The van der Waals surface area contributed by atoms with Gasteiger partial charge in [0.25, 0.3) is 0 Å². The highest BCUT2D eigenvalue weighted by Gasteiger charge is 2.11. The zero-order valence-corrected chi connectivity index (χ0v) is 10.7. The van der Waals surface area contributed by atoms with E-state index in [1.165, 1.54) is 0 Å². The Labute approximate surface area is 101 Å². The Morgan fingerprint density at radius 3 is 2.60 bits per heavy atom. The largest absolute Gasteiger partial charge is 0.222 e. The first-order chi connectivity index (χ1) is 7.09. The van der Waals surface area contributed by atoms with Crippen molar-refractivity contribution < 1.29 is 0 Å². The third kappa shape index (κ3) is 1.92. The van der Waals surface area contributed by atoms with Gasteiger partial charge in [-0.05, 0) is 41.9 Å². The van der Waals surface area contributed by atoms with Gasteiger partial charge in [-0.25, -0.2) is 9.67 Å². The summed E-state index contributed by atoms with van der Waals surface area (Å²) in [6.07, 6.45) is 0. The molecule has 0 aliphatic heterocycles. The standard InChI is InChI=1S/C10H9BrClN3/c1-6-10(12)7(2)15(14-6)9-5-3-4-8(11)13-9/h3-5H,1-2H3. The summed E-state index contributed by atoms with van der Waals surface area (Å²) in [4.78, 5) is 4.32. The second-order valence-corrected chi connectivity index (χ2v) is 4.41. The van der Waals surface area contributed by atoms with Crippen LogP contribution in [0.2, 0.25) is 5.02 Å². The lowest BCUT2D eigenvalue weighted by Gasteiger charge is -2.02. The molecule has 0 unspecified atom stereocenters. The second-order valence-electron chi connectivity index (χ2n) is 3.22. The lowest BCUT2D eigenvalue weighted by molar-refractivity contribution is 0.803. The van der Waals surface area contributed by atoms with E-state index in [9.17, 15) is 0 Å². The Morgan fingerprint density at radius 2 is 2.07 bits per heavy atom. The smallest absolute Gasteiger partial charge is 0.154 e. The zero-order valence-electron chi connectivity index (χ0n) is 8.33. The Balaban J connectivity index is 2.59. The van der Waals surface area contributed by atoms with Gasteiger partial charge in [-0.3, -0.25) is 0 Å². The maximum absolute atomic E-state index is 6.07. The number of nitrogens with zero attached hydrogens (tertiary/aromatic N) is 3. The van der Waals surface area contributed by atoms with E-state index in [0.717, 1.165) is 21.8 Å². The van der Waals surface area contributed by atoms with E-state index in [1.807, 2.05) is 32.0 Å². The molecule has 0 aromatic carbocycles. The van der Waals surface area contributed by atoms with Crippen molar-refractivity contribution in [1.29, 1.82) is 0 Å². The fourth-order valence-electron chi connectivity index (χ4n) is 1.36. The van der Waals surface area contributed by atoms with Gasteiger partial charge < -0.3 is 0 Å². The summed E-state index contributed by atoms with van der Waals surface area (Å²) < 4.78 is 2.52. The molecule has 78 valence electrons. The topological polar surface area (TPSA) is 30.7 Å². The van der Waals surface area contributed by atoms with Crippen LogP contribution in [0.15, 0.2) is 22.8 Å². The van der Waals surface area contributed by atoms with Crippen LogP contribution in [0.5, 0.6) is 0 Å². The van der Waals surface area contributed by atoms with Crippen molar-refractivity contribution in [3.8, 4) is 5.82 Å². The van der Waals surface area contributed by atoms with Crippen LogP contribution >= 0.6 is 27.5 Å². The van der Waals surface area contributed by atoms with Crippen LogP contribution in [0.25, 0.3) is 5.82 Å². The molecule has 5 heteroatoms. The van der Waals surface area contributed by atoms with Crippen LogP contribution in [0, 0.1) is 13.8 Å².